The molecule has 8 nitrogen and oxygen atoms in total. The molecule has 2 aromatic carbocycles. The summed E-state index contributed by atoms with van der Waals surface area (Å²) >= 11 is 0. The summed E-state index contributed by atoms with van der Waals surface area (Å²) < 4.78 is 48.8. The maximum atomic E-state index is 12.9. The van der Waals surface area contributed by atoms with E-state index in [9.17, 15) is 18.0 Å². The lowest BCUT2D eigenvalue weighted by Gasteiger charge is -2.14. The largest absolute Gasteiger partial charge is 0.495 e. The Bertz CT molecular complexity index is 865. The maximum Gasteiger partial charge on any atom is 0.416 e. The molecule has 0 bridgehead atoms. The molecule has 0 fully saturated rings. The van der Waals surface area contributed by atoms with Gasteiger partial charge in [-0.3, -0.25) is 10.2 Å². The predicted molar refractivity (Wildman–Crippen MR) is 95.0 cm³/mol. The minimum absolute atomic E-state index is 0.0713. The average Bonchev–Trinajstić information content (AvgIpc) is 2.67. The molecule has 0 spiro atoms. The molecule has 11 heteroatoms. The number of nitrogens with zero attached hydrogens (tertiary/aromatic N) is 2. The highest BCUT2D eigenvalue weighted by atomic mass is 19.4. The highest BCUT2D eigenvalue weighted by Gasteiger charge is 2.31. The molecule has 0 aromatic heterocycles. The van der Waals surface area contributed by atoms with Crippen molar-refractivity contribution in [3.63, 3.8) is 0 Å². The van der Waals surface area contributed by atoms with Gasteiger partial charge >= 0.3 is 6.18 Å². The number of carbonyl (C=O) groups is 1. The van der Waals surface area contributed by atoms with Gasteiger partial charge in [0.15, 0.2) is 6.61 Å². The van der Waals surface area contributed by atoms with Crippen LogP contribution in [0.25, 0.3) is 0 Å². The predicted octanol–water partition coefficient (Wildman–Crippen LogP) is 4.09. The minimum Gasteiger partial charge on any atom is -0.495 e. The van der Waals surface area contributed by atoms with Gasteiger partial charge in [-0.1, -0.05) is 11.3 Å². The smallest absolute Gasteiger partial charge is 0.416 e. The molecular formula is C17H16F3N5O3. The van der Waals surface area contributed by atoms with E-state index in [0.29, 0.717) is 5.69 Å². The van der Waals surface area contributed by atoms with Gasteiger partial charge < -0.3 is 14.8 Å². The molecule has 28 heavy (non-hydrogen) atoms. The summed E-state index contributed by atoms with van der Waals surface area (Å²) in [6.07, 6.45) is -3.74. The Balaban J connectivity index is 2.08. The molecule has 0 atom stereocenters. The lowest BCUT2D eigenvalue weighted by atomic mass is 10.1. The van der Waals surface area contributed by atoms with Crippen LogP contribution in [0.4, 0.5) is 24.5 Å². The second-order valence-corrected chi connectivity index (χ2v) is 5.32. The summed E-state index contributed by atoms with van der Waals surface area (Å²) in [4.78, 5) is 12.1. The van der Waals surface area contributed by atoms with E-state index in [0.717, 1.165) is 29.5 Å². The summed E-state index contributed by atoms with van der Waals surface area (Å²) in [5, 5.41) is 13.5. The number of ether oxygens (including phenoxy) is 2. The number of hydrogen-bond acceptors (Lipinski definition) is 6. The molecule has 0 saturated carbocycles. The molecule has 148 valence electrons. The summed E-state index contributed by atoms with van der Waals surface area (Å²) in [6.45, 7) is -0.481. The molecule has 0 radical (unpaired) electrons. The van der Waals surface area contributed by atoms with E-state index in [2.05, 4.69) is 10.5 Å². The zero-order chi connectivity index (χ0) is 20.7. The van der Waals surface area contributed by atoms with Crippen molar-refractivity contribution in [3.8, 4) is 11.5 Å². The number of benzene rings is 2. The highest BCUT2D eigenvalue weighted by molar-refractivity contribution is 5.93. The number of halogens is 3. The standard InChI is InChI=1S/C17H16F3N5O3/c1-27-15-6-5-11(17(18,19)20)7-14(15)23-16(26)9-28-13-4-2-3-12(8-13)25(10-21)24-22/h2-8,10,21-22H,9H2,1H3,(H,23,26). The lowest BCUT2D eigenvalue weighted by molar-refractivity contribution is -0.137. The second-order valence-electron chi connectivity index (χ2n) is 5.32. The van der Waals surface area contributed by atoms with Crippen LogP contribution in [-0.4, -0.2) is 26.0 Å². The van der Waals surface area contributed by atoms with Crippen LogP contribution in [0.5, 0.6) is 11.5 Å². The van der Waals surface area contributed by atoms with Crippen LogP contribution < -0.4 is 19.8 Å². The van der Waals surface area contributed by atoms with Gasteiger partial charge in [-0.2, -0.15) is 18.7 Å². The van der Waals surface area contributed by atoms with Crippen molar-refractivity contribution in [2.75, 3.05) is 24.0 Å². The number of hydrogen-bond donors (Lipinski definition) is 3. The van der Waals surface area contributed by atoms with Crippen molar-refractivity contribution >= 4 is 23.6 Å². The van der Waals surface area contributed by atoms with Gasteiger partial charge in [0.05, 0.1) is 24.0 Å². The molecular weight excluding hydrogens is 379 g/mol. The first-order valence-corrected chi connectivity index (χ1v) is 7.73. The topological polar surface area (TPSA) is 111 Å². The third-order valence-corrected chi connectivity index (χ3v) is 3.48. The average molecular weight is 395 g/mol. The Morgan fingerprint density at radius 1 is 1.29 bits per heavy atom. The number of methoxy groups -OCH3 is 1. The minimum atomic E-state index is -4.56. The van der Waals surface area contributed by atoms with Gasteiger partial charge in [0, 0.05) is 6.07 Å². The molecule has 3 N–H and O–H groups in total. The molecule has 0 aliphatic carbocycles. The van der Waals surface area contributed by atoms with E-state index in [4.69, 9.17) is 20.4 Å². The normalized spacial score (nSPS) is 10.7. The van der Waals surface area contributed by atoms with Crippen molar-refractivity contribution in [2.45, 2.75) is 6.18 Å². The number of carbonyl (C=O) groups excluding carboxylic acids is 1. The highest BCUT2D eigenvalue weighted by Crippen LogP contribution is 2.34. The van der Waals surface area contributed by atoms with E-state index >= 15 is 0 Å². The Morgan fingerprint density at radius 3 is 2.64 bits per heavy atom. The first kappa shape index (κ1) is 20.7. The van der Waals surface area contributed by atoms with Crippen molar-refractivity contribution in [1.29, 1.82) is 10.9 Å². The molecule has 0 aliphatic rings. The Hall–Kier alpha value is -3.63. The van der Waals surface area contributed by atoms with Crippen LogP contribution in [0.3, 0.4) is 0 Å². The SMILES string of the molecule is COc1ccc(C(F)(F)F)cc1NC(=O)COc1cccc(N(C=N)N=N)c1. The van der Waals surface area contributed by atoms with Crippen molar-refractivity contribution in [2.24, 2.45) is 5.22 Å². The van der Waals surface area contributed by atoms with Crippen molar-refractivity contribution < 1.29 is 27.4 Å². The summed E-state index contributed by atoms with van der Waals surface area (Å²) in [5.74, 6) is -0.377. The molecule has 0 aliphatic heterocycles. The van der Waals surface area contributed by atoms with E-state index in [1.165, 1.54) is 19.2 Å². The van der Waals surface area contributed by atoms with E-state index in [-0.39, 0.29) is 17.2 Å². The first-order valence-electron chi connectivity index (χ1n) is 7.73. The zero-order valence-corrected chi connectivity index (χ0v) is 14.6. The first-order chi connectivity index (χ1) is 13.3. The Labute approximate surface area is 157 Å². The third-order valence-electron chi connectivity index (χ3n) is 3.48. The fraction of sp³-hybridized carbons (Fsp3) is 0.176. The van der Waals surface area contributed by atoms with Crippen LogP contribution in [-0.2, 0) is 11.0 Å². The monoisotopic (exact) mass is 395 g/mol. The van der Waals surface area contributed by atoms with Crippen LogP contribution in [0.1, 0.15) is 5.56 Å². The summed E-state index contributed by atoms with van der Waals surface area (Å²) in [7, 11) is 1.27. The van der Waals surface area contributed by atoms with Gasteiger partial charge in [0.2, 0.25) is 0 Å². The van der Waals surface area contributed by atoms with Gasteiger partial charge in [-0.15, -0.1) is 0 Å². The number of nitrogens with one attached hydrogen (secondary N) is 3. The third kappa shape index (κ3) is 5.19. The molecule has 2 aromatic rings. The van der Waals surface area contributed by atoms with Crippen molar-refractivity contribution in [3.05, 3.63) is 48.0 Å². The Kier molecular flexibility index (Phi) is 6.53. The number of alkyl halides is 3. The van der Waals surface area contributed by atoms with Crippen LogP contribution in [0.15, 0.2) is 47.7 Å². The summed E-state index contributed by atoms with van der Waals surface area (Å²) in [6, 6.07) is 8.86. The van der Waals surface area contributed by atoms with Crippen LogP contribution >= 0.6 is 0 Å². The number of rotatable bonds is 8. The summed E-state index contributed by atoms with van der Waals surface area (Å²) in [5.41, 5.74) is 6.26. The fourth-order valence-corrected chi connectivity index (χ4v) is 2.19. The number of anilines is 2. The van der Waals surface area contributed by atoms with Gasteiger partial charge in [-0.05, 0) is 30.3 Å². The van der Waals surface area contributed by atoms with Gasteiger partial charge in [-0.25, -0.2) is 5.01 Å². The lowest BCUT2D eigenvalue weighted by Crippen LogP contribution is -2.21. The van der Waals surface area contributed by atoms with Crippen LogP contribution in [0, 0.1) is 10.9 Å². The van der Waals surface area contributed by atoms with Crippen LogP contribution in [0.2, 0.25) is 0 Å². The number of amides is 1. The zero-order valence-electron chi connectivity index (χ0n) is 14.6. The van der Waals surface area contributed by atoms with Gasteiger partial charge in [0.1, 0.15) is 17.8 Å². The quantitative estimate of drug-likeness (QED) is 0.271. The van der Waals surface area contributed by atoms with Crippen molar-refractivity contribution in [1.82, 2.24) is 0 Å². The Morgan fingerprint density at radius 2 is 2.04 bits per heavy atom. The molecule has 0 heterocycles. The second kappa shape index (κ2) is 8.84. The van der Waals surface area contributed by atoms with Gasteiger partial charge in [0.25, 0.3) is 5.91 Å². The van der Waals surface area contributed by atoms with E-state index in [1.807, 2.05) is 0 Å². The molecule has 1 amide bonds. The molecule has 2 rings (SSSR count). The molecule has 0 saturated heterocycles. The fourth-order valence-electron chi connectivity index (χ4n) is 2.19. The maximum absolute atomic E-state index is 12.9. The molecule has 0 unspecified atom stereocenters. The van der Waals surface area contributed by atoms with E-state index in [1.54, 1.807) is 12.1 Å². The van der Waals surface area contributed by atoms with E-state index < -0.39 is 24.3 Å².